The third-order valence-electron chi connectivity index (χ3n) is 4.17. The summed E-state index contributed by atoms with van der Waals surface area (Å²) in [7, 11) is 0. The summed E-state index contributed by atoms with van der Waals surface area (Å²) in [6, 6.07) is 25.2. The molecule has 0 N–H and O–H groups in total. The molecule has 26 heavy (non-hydrogen) atoms. The summed E-state index contributed by atoms with van der Waals surface area (Å²) in [4.78, 5) is 12.3. The maximum absolute atomic E-state index is 12.3. The van der Waals surface area contributed by atoms with Gasteiger partial charge in [0.15, 0.2) is 5.76 Å². The number of hydrogen-bond donors (Lipinski definition) is 0. The largest absolute Gasteiger partial charge is 0.453 e. The van der Waals surface area contributed by atoms with Crippen molar-refractivity contribution < 1.29 is 9.21 Å². The zero-order valence-electron chi connectivity index (χ0n) is 13.9. The lowest BCUT2D eigenvalue weighted by Crippen LogP contribution is -1.90. The van der Waals surface area contributed by atoms with E-state index in [9.17, 15) is 4.79 Å². The molecule has 0 aliphatic heterocycles. The number of furan rings is 1. The zero-order valence-corrected chi connectivity index (χ0v) is 14.6. The van der Waals surface area contributed by atoms with Crippen LogP contribution in [0.4, 0.5) is 0 Å². The van der Waals surface area contributed by atoms with Crippen molar-refractivity contribution in [1.29, 1.82) is 0 Å². The van der Waals surface area contributed by atoms with Gasteiger partial charge in [0, 0.05) is 10.4 Å². The first kappa shape index (κ1) is 16.4. The fourth-order valence-corrected chi connectivity index (χ4v) is 2.99. The van der Waals surface area contributed by atoms with E-state index in [0.717, 1.165) is 16.5 Å². The Kier molecular flexibility index (Phi) is 4.42. The number of carbonyl (C=O) groups excluding carboxylic acids is 1. The summed E-state index contributed by atoms with van der Waals surface area (Å²) in [6.07, 6.45) is 3.31. The highest BCUT2D eigenvalue weighted by Crippen LogP contribution is 2.24. The Morgan fingerprint density at radius 1 is 0.846 bits per heavy atom. The van der Waals surface area contributed by atoms with E-state index in [1.807, 2.05) is 42.5 Å². The molecule has 4 rings (SSSR count). The van der Waals surface area contributed by atoms with Gasteiger partial charge in [-0.25, -0.2) is 0 Å². The first-order valence-electron chi connectivity index (χ1n) is 8.26. The van der Waals surface area contributed by atoms with Crippen LogP contribution in [-0.2, 0) is 0 Å². The second-order valence-corrected chi connectivity index (χ2v) is 6.41. The van der Waals surface area contributed by atoms with Gasteiger partial charge in [-0.05, 0) is 47.0 Å². The van der Waals surface area contributed by atoms with Gasteiger partial charge < -0.3 is 4.42 Å². The number of fused-ring (bicyclic) bond motifs is 1. The molecule has 0 fully saturated rings. The van der Waals surface area contributed by atoms with E-state index in [0.29, 0.717) is 16.4 Å². The number of hydrogen-bond acceptors (Lipinski definition) is 2. The smallest absolute Gasteiger partial charge is 0.221 e. The van der Waals surface area contributed by atoms with Gasteiger partial charge >= 0.3 is 0 Å². The Morgan fingerprint density at radius 3 is 2.35 bits per heavy atom. The van der Waals surface area contributed by atoms with Gasteiger partial charge in [-0.3, -0.25) is 4.79 Å². The van der Waals surface area contributed by atoms with Gasteiger partial charge in [-0.15, -0.1) is 0 Å². The number of carbonyl (C=O) groups is 1. The standard InChI is InChI=1S/C23H15ClO2/c24-20-11-13-22-19(14-20)15-23(26-22)21(25)12-8-16-6-9-18(10-7-16)17-4-2-1-3-5-17/h1-15H. The van der Waals surface area contributed by atoms with E-state index in [1.54, 1.807) is 30.3 Å². The zero-order chi connectivity index (χ0) is 17.9. The molecule has 3 heteroatoms. The summed E-state index contributed by atoms with van der Waals surface area (Å²) >= 11 is 5.97. The second kappa shape index (κ2) is 7.03. The van der Waals surface area contributed by atoms with E-state index < -0.39 is 0 Å². The molecule has 0 spiro atoms. The van der Waals surface area contributed by atoms with Crippen LogP contribution in [-0.4, -0.2) is 5.78 Å². The van der Waals surface area contributed by atoms with Crippen LogP contribution in [0.2, 0.25) is 5.02 Å². The monoisotopic (exact) mass is 358 g/mol. The number of benzene rings is 3. The van der Waals surface area contributed by atoms with Crippen LogP contribution in [0.25, 0.3) is 28.2 Å². The third-order valence-corrected chi connectivity index (χ3v) is 4.40. The van der Waals surface area contributed by atoms with Crippen molar-refractivity contribution >= 4 is 34.4 Å². The lowest BCUT2D eigenvalue weighted by molar-refractivity contribution is 0.102. The molecule has 0 saturated heterocycles. The summed E-state index contributed by atoms with van der Waals surface area (Å²) < 4.78 is 5.59. The van der Waals surface area contributed by atoms with Gasteiger partial charge in [0.05, 0.1) is 0 Å². The van der Waals surface area contributed by atoms with Crippen molar-refractivity contribution in [1.82, 2.24) is 0 Å². The summed E-state index contributed by atoms with van der Waals surface area (Å²) in [6.45, 7) is 0. The predicted octanol–water partition coefficient (Wildman–Crippen LogP) is 6.65. The molecule has 0 saturated carbocycles. The molecule has 0 bridgehead atoms. The predicted molar refractivity (Wildman–Crippen MR) is 106 cm³/mol. The van der Waals surface area contributed by atoms with E-state index in [-0.39, 0.29) is 5.78 Å². The molecular formula is C23H15ClO2. The number of halogens is 1. The molecule has 0 aliphatic rings. The minimum atomic E-state index is -0.176. The normalized spacial score (nSPS) is 11.3. The van der Waals surface area contributed by atoms with E-state index in [1.165, 1.54) is 11.6 Å². The topological polar surface area (TPSA) is 30.2 Å². The van der Waals surface area contributed by atoms with Gasteiger partial charge in [-0.2, -0.15) is 0 Å². The first-order valence-corrected chi connectivity index (χ1v) is 8.64. The minimum Gasteiger partial charge on any atom is -0.453 e. The van der Waals surface area contributed by atoms with Gasteiger partial charge in [0.1, 0.15) is 5.58 Å². The lowest BCUT2D eigenvalue weighted by atomic mass is 10.0. The van der Waals surface area contributed by atoms with Crippen molar-refractivity contribution in [2.75, 3.05) is 0 Å². The molecule has 0 radical (unpaired) electrons. The Morgan fingerprint density at radius 2 is 1.58 bits per heavy atom. The Hall–Kier alpha value is -3.10. The van der Waals surface area contributed by atoms with Crippen molar-refractivity contribution in [3.63, 3.8) is 0 Å². The van der Waals surface area contributed by atoms with Crippen LogP contribution in [0.5, 0.6) is 0 Å². The summed E-state index contributed by atoms with van der Waals surface area (Å²) in [5.41, 5.74) is 3.92. The van der Waals surface area contributed by atoms with Crippen molar-refractivity contribution in [3.8, 4) is 11.1 Å². The number of ketones is 1. The molecule has 126 valence electrons. The Bertz CT molecular complexity index is 1090. The summed E-state index contributed by atoms with van der Waals surface area (Å²) in [5, 5.41) is 1.44. The van der Waals surface area contributed by atoms with Crippen LogP contribution in [0.1, 0.15) is 16.1 Å². The molecule has 2 nitrogen and oxygen atoms in total. The van der Waals surface area contributed by atoms with Gasteiger partial charge in [-0.1, -0.05) is 72.3 Å². The van der Waals surface area contributed by atoms with Gasteiger partial charge in [0.25, 0.3) is 0 Å². The first-order chi connectivity index (χ1) is 12.7. The summed E-state index contributed by atoms with van der Waals surface area (Å²) in [5.74, 6) is 0.129. The quantitative estimate of drug-likeness (QED) is 0.302. The number of rotatable bonds is 4. The fourth-order valence-electron chi connectivity index (χ4n) is 2.81. The van der Waals surface area contributed by atoms with Crippen LogP contribution in [0, 0.1) is 0 Å². The van der Waals surface area contributed by atoms with E-state index >= 15 is 0 Å². The van der Waals surface area contributed by atoms with Crippen molar-refractivity contribution in [2.45, 2.75) is 0 Å². The SMILES string of the molecule is O=C(C=Cc1ccc(-c2ccccc2)cc1)c1cc2cc(Cl)ccc2o1. The molecule has 0 amide bonds. The van der Waals surface area contributed by atoms with Crippen LogP contribution in [0.3, 0.4) is 0 Å². The maximum Gasteiger partial charge on any atom is 0.221 e. The molecule has 4 aromatic rings. The van der Waals surface area contributed by atoms with Crippen LogP contribution >= 0.6 is 11.6 Å². The second-order valence-electron chi connectivity index (χ2n) is 5.98. The highest BCUT2D eigenvalue weighted by atomic mass is 35.5. The highest BCUT2D eigenvalue weighted by molar-refractivity contribution is 6.31. The Labute approximate surface area is 156 Å². The molecule has 0 atom stereocenters. The van der Waals surface area contributed by atoms with E-state index in [4.69, 9.17) is 16.0 Å². The molecule has 1 heterocycles. The Balaban J connectivity index is 1.52. The molecular weight excluding hydrogens is 344 g/mol. The van der Waals surface area contributed by atoms with Crippen molar-refractivity contribution in [3.05, 3.63) is 101 Å². The van der Waals surface area contributed by atoms with Gasteiger partial charge in [0.2, 0.25) is 5.78 Å². The van der Waals surface area contributed by atoms with Crippen LogP contribution < -0.4 is 0 Å². The van der Waals surface area contributed by atoms with Crippen molar-refractivity contribution in [2.24, 2.45) is 0 Å². The molecule has 3 aromatic carbocycles. The molecule has 1 aromatic heterocycles. The molecule has 0 unspecified atom stereocenters. The maximum atomic E-state index is 12.3. The number of allylic oxidation sites excluding steroid dienone is 1. The average Bonchev–Trinajstić information content (AvgIpc) is 3.10. The van der Waals surface area contributed by atoms with Crippen LogP contribution in [0.15, 0.2) is 89.4 Å². The highest BCUT2D eigenvalue weighted by Gasteiger charge is 2.09. The van der Waals surface area contributed by atoms with E-state index in [2.05, 4.69) is 12.1 Å². The minimum absolute atomic E-state index is 0.176. The third kappa shape index (κ3) is 3.46. The lowest BCUT2D eigenvalue weighted by Gasteiger charge is -2.01. The average molecular weight is 359 g/mol. The fraction of sp³-hybridized carbons (Fsp3) is 0. The molecule has 0 aliphatic carbocycles.